The number of rotatable bonds is 6. The van der Waals surface area contributed by atoms with E-state index in [9.17, 15) is 38.5 Å². The van der Waals surface area contributed by atoms with Crippen molar-refractivity contribution in [1.82, 2.24) is 0 Å². The number of nitriles is 2. The van der Waals surface area contributed by atoms with Gasteiger partial charge in [-0.05, 0) is 215 Å². The van der Waals surface area contributed by atoms with Gasteiger partial charge in [0.2, 0.25) is 6.79 Å². The molecule has 0 saturated carbocycles. The molecule has 0 radical (unpaired) electrons. The molecule has 0 aromatic heterocycles. The van der Waals surface area contributed by atoms with Crippen LogP contribution in [0.15, 0.2) is 243 Å². The normalized spacial score (nSPS) is 9.83. The zero-order chi connectivity index (χ0) is 79.3. The molecule has 0 aliphatic carbocycles. The number of benzene rings is 11. The predicted molar refractivity (Wildman–Crippen MR) is 416 cm³/mol. The summed E-state index contributed by atoms with van der Waals surface area (Å²) in [7, 11) is 4.94. The number of phenols is 2. The second-order valence-electron chi connectivity index (χ2n) is 23.9. The van der Waals surface area contributed by atoms with E-state index < -0.39 is 11.3 Å². The maximum absolute atomic E-state index is 11.6. The summed E-state index contributed by atoms with van der Waals surface area (Å²) in [5, 5.41) is 55.4. The monoisotopic (exact) mass is 1440 g/mol. The minimum absolute atomic E-state index is 0.144. The smallest absolute Gasteiger partial charge is 0.508 e. The molecule has 0 bridgehead atoms. The first-order valence-electron chi connectivity index (χ1n) is 33.1. The molecule has 2 N–H and O–H groups in total. The quantitative estimate of drug-likeness (QED) is 0.117. The van der Waals surface area contributed by atoms with Crippen LogP contribution in [0.4, 0.5) is 24.5 Å². The molecule has 1 heterocycles. The third-order valence-electron chi connectivity index (χ3n) is 14.4. The summed E-state index contributed by atoms with van der Waals surface area (Å²) < 4.78 is 64.0. The lowest BCUT2D eigenvalue weighted by Crippen LogP contribution is -2.16. The Morgan fingerprint density at radius 2 is 0.811 bits per heavy atom. The predicted octanol–water partition coefficient (Wildman–Crippen LogP) is 22.5. The van der Waals surface area contributed by atoms with Gasteiger partial charge in [-0.25, -0.2) is 0 Å². The van der Waals surface area contributed by atoms with Gasteiger partial charge >= 0.3 is 6.36 Å². The number of nitrogens with zero attached hydrogens (tertiary/aromatic N) is 4. The van der Waals surface area contributed by atoms with Crippen molar-refractivity contribution >= 4 is 11.4 Å². The van der Waals surface area contributed by atoms with E-state index in [-0.39, 0.29) is 22.0 Å². The van der Waals surface area contributed by atoms with Crippen LogP contribution in [-0.2, 0) is 0 Å². The van der Waals surface area contributed by atoms with Crippen molar-refractivity contribution in [2.45, 2.75) is 103 Å². The van der Waals surface area contributed by atoms with E-state index >= 15 is 0 Å². The molecule has 1 aliphatic rings. The van der Waals surface area contributed by atoms with Gasteiger partial charge in [0.1, 0.15) is 23.0 Å². The summed E-state index contributed by atoms with van der Waals surface area (Å²) >= 11 is 0. The second kappa shape index (κ2) is 48.3. The molecular weight excluding hydrogens is 1350 g/mol. The molecule has 106 heavy (non-hydrogen) atoms. The molecule has 1 aliphatic heterocycles. The molecular formula is C87H95F3N4O12. The number of nitro groups is 2. The van der Waals surface area contributed by atoms with Crippen LogP contribution in [0.3, 0.4) is 0 Å². The number of ether oxygens (including phenoxy) is 6. The summed E-state index contributed by atoms with van der Waals surface area (Å²) in [6.07, 6.45) is -4.60. The Kier molecular flexibility index (Phi) is 40.8. The Morgan fingerprint density at radius 1 is 0.387 bits per heavy atom. The van der Waals surface area contributed by atoms with Gasteiger partial charge in [-0.3, -0.25) is 20.2 Å². The van der Waals surface area contributed by atoms with E-state index in [4.69, 9.17) is 39.3 Å². The number of halogens is 3. The lowest BCUT2D eigenvalue weighted by atomic mass is 10.1. The van der Waals surface area contributed by atoms with Gasteiger partial charge < -0.3 is 38.6 Å². The molecule has 0 amide bonds. The number of aryl methyl sites for hydroxylation is 14. The molecule has 0 spiro atoms. The van der Waals surface area contributed by atoms with Crippen LogP contribution >= 0.6 is 0 Å². The van der Waals surface area contributed by atoms with Gasteiger partial charge in [-0.1, -0.05) is 179 Å². The molecule has 0 unspecified atom stereocenters. The molecule has 16 nitrogen and oxygen atoms in total. The van der Waals surface area contributed by atoms with Crippen LogP contribution in [0.25, 0.3) is 0 Å². The third-order valence-corrected chi connectivity index (χ3v) is 14.4. The average Bonchev–Trinajstić information content (AvgIpc) is 1.81. The Balaban J connectivity index is 0.000000397. The van der Waals surface area contributed by atoms with E-state index in [2.05, 4.69) is 55.0 Å². The number of phenolic OH excluding ortho intramolecular Hbond substituents is 2. The summed E-state index contributed by atoms with van der Waals surface area (Å²) in [5.74, 6) is 4.80. The number of para-hydroxylation sites is 2. The maximum atomic E-state index is 11.6. The fourth-order valence-corrected chi connectivity index (χ4v) is 8.45. The molecule has 0 fully saturated rings. The van der Waals surface area contributed by atoms with E-state index in [0.29, 0.717) is 23.9 Å². The lowest BCUT2D eigenvalue weighted by molar-refractivity contribution is -0.385. The highest BCUT2D eigenvalue weighted by Crippen LogP contribution is 2.32. The van der Waals surface area contributed by atoms with Crippen molar-refractivity contribution in [2.24, 2.45) is 0 Å². The van der Waals surface area contributed by atoms with Gasteiger partial charge in [-0.2, -0.15) is 10.5 Å². The summed E-state index contributed by atoms with van der Waals surface area (Å²) in [5.41, 5.74) is 17.0. The fourth-order valence-electron chi connectivity index (χ4n) is 8.45. The number of nitro benzene ring substituents is 2. The molecule has 0 atom stereocenters. The van der Waals surface area contributed by atoms with Gasteiger partial charge in [0, 0.05) is 23.8 Å². The van der Waals surface area contributed by atoms with Gasteiger partial charge in [-0.15, -0.1) is 13.2 Å². The van der Waals surface area contributed by atoms with Crippen molar-refractivity contribution in [3.05, 3.63) is 352 Å². The third kappa shape index (κ3) is 37.9. The van der Waals surface area contributed by atoms with E-state index in [1.165, 1.54) is 69.3 Å². The zero-order valence-corrected chi connectivity index (χ0v) is 63.2. The van der Waals surface area contributed by atoms with Crippen molar-refractivity contribution in [1.29, 1.82) is 10.5 Å². The number of hydrogen-bond acceptors (Lipinski definition) is 14. The Bertz CT molecular complexity index is 4480. The number of fused-ring (bicyclic) bond motifs is 1. The van der Waals surface area contributed by atoms with Crippen LogP contribution in [0.1, 0.15) is 89.0 Å². The lowest BCUT2D eigenvalue weighted by Gasteiger charge is -2.08. The number of methoxy groups -OCH3 is 3. The highest BCUT2D eigenvalue weighted by molar-refractivity contribution is 5.45. The van der Waals surface area contributed by atoms with Gasteiger partial charge in [0.15, 0.2) is 23.0 Å². The van der Waals surface area contributed by atoms with Crippen molar-refractivity contribution in [2.75, 3.05) is 28.1 Å². The largest absolute Gasteiger partial charge is 0.573 e. The first-order valence-corrected chi connectivity index (χ1v) is 33.1. The average molecular weight is 1450 g/mol. The SMILES string of the molecule is COc1ccc(C)cc1OC.COc1cccc(C)c1.Cc1ccc(C#N)cc1.Cc1ccc(C)cc1.Cc1ccc(O)c(C)c1.Cc1ccc(OC(F)(F)F)cc1.Cc1ccc([N+](=O)[O-])cc1.Cc1ccc2c(c1)OCO2.Cc1cccc(C#N)c1.Cc1cccc(C)c1O.Cc1ccccc1[N+](=O)[O-]. The Hall–Kier alpha value is -12.6. The van der Waals surface area contributed by atoms with Gasteiger partial charge in [0.05, 0.1) is 54.4 Å². The zero-order valence-electron chi connectivity index (χ0n) is 63.2. The minimum Gasteiger partial charge on any atom is -0.508 e. The van der Waals surface area contributed by atoms with E-state index in [0.717, 1.165) is 73.3 Å². The molecule has 556 valence electrons. The van der Waals surface area contributed by atoms with E-state index in [1.54, 1.807) is 89.8 Å². The standard InChI is InChI=1S/C9H12O2.C8H7F3O.2C8H7N.C8H8O2.3C8H10O.C8H10.2C7H7NO2/c1-7-4-5-8(10-2)9(6-7)11-3;1-6-2-4-7(5-3-6)12-8(9,10)11;1-7-2-4-8(6-9)5-3-7;1-7-3-2-4-8(5-7)6-9;1-6-2-3-7-8(4-6)10-5-9-7;1-6-3-4-8(9)7(2)5-6;1-7-4-3-5-8(6-7)9-2;1-6-4-3-5-7(2)8(6)9;1-7-3-5-8(2)6-4-7;1-6-2-4-7(5-3-6)8(9)10;1-6-4-2-3-5-7(6)8(9)10/h4-6H,1-3H3;2-5H,1H3;2*2-5H,1H3;2-4H,5H2,1H3;3-5,9H,1-2H3;3-6H,1-2H3;3-5,9H,1-2H3;3-6H,1-2H3;2*2-5H,1H3. The maximum Gasteiger partial charge on any atom is 0.573 e. The highest BCUT2D eigenvalue weighted by atomic mass is 19.4. The second-order valence-corrected chi connectivity index (χ2v) is 23.9. The first kappa shape index (κ1) is 89.5. The summed E-state index contributed by atoms with van der Waals surface area (Å²) in [4.78, 5) is 19.6. The number of non-ortho nitro benzene ring substituents is 1. The Labute approximate surface area is 622 Å². The minimum atomic E-state index is -4.60. The van der Waals surface area contributed by atoms with Crippen molar-refractivity contribution in [3.8, 4) is 58.1 Å². The number of aromatic hydroxyl groups is 2. The van der Waals surface area contributed by atoms with Crippen molar-refractivity contribution < 1.29 is 61.7 Å². The summed E-state index contributed by atoms with van der Waals surface area (Å²) in [6, 6.07) is 77.3. The molecule has 11 aromatic carbocycles. The van der Waals surface area contributed by atoms with Crippen LogP contribution in [0, 0.1) is 140 Å². The topological polar surface area (TPSA) is 230 Å². The molecule has 19 heteroatoms. The van der Waals surface area contributed by atoms with E-state index in [1.807, 2.05) is 203 Å². The molecule has 12 rings (SSSR count). The Morgan fingerprint density at radius 3 is 1.24 bits per heavy atom. The number of alkyl halides is 3. The fraction of sp³-hybridized carbons (Fsp3) is 0.218. The number of hydrogen-bond donors (Lipinski definition) is 2. The van der Waals surface area contributed by atoms with Gasteiger partial charge in [0.25, 0.3) is 11.4 Å². The summed E-state index contributed by atoms with van der Waals surface area (Å²) in [6.45, 7) is 27.7. The molecule has 11 aromatic rings. The first-order chi connectivity index (χ1) is 50.2. The van der Waals surface area contributed by atoms with Crippen LogP contribution in [0.5, 0.6) is 46.0 Å². The van der Waals surface area contributed by atoms with Crippen LogP contribution < -0.4 is 28.4 Å². The molecule has 0 saturated heterocycles. The van der Waals surface area contributed by atoms with Crippen LogP contribution in [-0.4, -0.2) is 54.5 Å². The van der Waals surface area contributed by atoms with Crippen molar-refractivity contribution in [3.63, 3.8) is 0 Å². The van der Waals surface area contributed by atoms with Crippen LogP contribution in [0.2, 0.25) is 0 Å². The highest BCUT2D eigenvalue weighted by Gasteiger charge is 2.31.